The minimum Gasteiger partial charge on any atom is -0.491 e. The van der Waals surface area contributed by atoms with Gasteiger partial charge in [0.2, 0.25) is 5.69 Å². The van der Waals surface area contributed by atoms with E-state index in [9.17, 15) is 15.2 Å². The molecule has 2 aromatic carbocycles. The van der Waals surface area contributed by atoms with E-state index in [-0.39, 0.29) is 36.8 Å². The Kier molecular flexibility index (Phi) is 9.59. The summed E-state index contributed by atoms with van der Waals surface area (Å²) in [6.07, 6.45) is 0. The standard InChI is InChI=1S/C28H22ClN5O4S2/c1-31-25-24(17-5-9-21(10-6-17)38-12-11-35)22(13-30)28(33-26(25)34(2)14-23(36)37)40-16-20-15-39-27(32-20)18-3-7-19(29)8-4-18/h3-10,15,35H,11-12,14,16H2,2H3,(H,36,37). The fourth-order valence-corrected chi connectivity index (χ4v) is 5.74. The second-order valence-electron chi connectivity index (χ2n) is 8.35. The van der Waals surface area contributed by atoms with Crippen molar-refractivity contribution < 1.29 is 19.7 Å². The number of nitrogens with zero attached hydrogens (tertiary/aromatic N) is 5. The molecule has 0 aliphatic rings. The Morgan fingerprint density at radius 3 is 2.52 bits per heavy atom. The number of hydrogen-bond acceptors (Lipinski definition) is 9. The van der Waals surface area contributed by atoms with Crippen LogP contribution in [0.3, 0.4) is 0 Å². The lowest BCUT2D eigenvalue weighted by molar-refractivity contribution is -0.135. The second kappa shape index (κ2) is 13.3. The van der Waals surface area contributed by atoms with E-state index >= 15 is 0 Å². The number of likely N-dealkylation sites (N-methyl/N-ethyl adjacent to an activating group) is 1. The Morgan fingerprint density at radius 2 is 1.90 bits per heavy atom. The van der Waals surface area contributed by atoms with E-state index in [4.69, 9.17) is 33.0 Å². The van der Waals surface area contributed by atoms with E-state index < -0.39 is 5.97 Å². The van der Waals surface area contributed by atoms with E-state index in [1.807, 2.05) is 17.5 Å². The quantitative estimate of drug-likeness (QED) is 0.156. The Labute approximate surface area is 244 Å². The van der Waals surface area contributed by atoms with E-state index in [2.05, 4.69) is 15.9 Å². The highest BCUT2D eigenvalue weighted by Gasteiger charge is 2.25. The predicted octanol–water partition coefficient (Wildman–Crippen LogP) is 6.13. The summed E-state index contributed by atoms with van der Waals surface area (Å²) < 4.78 is 5.44. The van der Waals surface area contributed by atoms with Crippen molar-refractivity contribution in [3.8, 4) is 33.5 Å². The molecule has 0 atom stereocenters. The number of hydrogen-bond donors (Lipinski definition) is 2. The highest BCUT2D eigenvalue weighted by molar-refractivity contribution is 7.98. The SMILES string of the molecule is [C-]#[N+]c1c(N(C)CC(=O)O)nc(SCc2csc(-c3ccc(Cl)cc3)n2)c(C#N)c1-c1ccc(OCCO)cc1. The smallest absolute Gasteiger partial charge is 0.323 e. The molecule has 2 N–H and O–H groups in total. The maximum absolute atomic E-state index is 11.5. The fraction of sp³-hybridized carbons (Fsp3) is 0.179. The van der Waals surface area contributed by atoms with Crippen LogP contribution < -0.4 is 9.64 Å². The summed E-state index contributed by atoms with van der Waals surface area (Å²) in [4.78, 5) is 25.8. The van der Waals surface area contributed by atoms with Crippen LogP contribution in [0.5, 0.6) is 5.75 Å². The number of aromatic nitrogens is 2. The number of rotatable bonds is 11. The molecule has 4 aromatic rings. The first-order valence-electron chi connectivity index (χ1n) is 11.8. The molecule has 0 fully saturated rings. The molecule has 0 saturated carbocycles. The maximum atomic E-state index is 11.5. The van der Waals surface area contributed by atoms with Crippen LogP contribution in [0.1, 0.15) is 11.3 Å². The van der Waals surface area contributed by atoms with Crippen molar-refractivity contribution in [1.29, 1.82) is 5.26 Å². The highest BCUT2D eigenvalue weighted by Crippen LogP contribution is 2.44. The van der Waals surface area contributed by atoms with Gasteiger partial charge in [-0.2, -0.15) is 5.26 Å². The van der Waals surface area contributed by atoms with Gasteiger partial charge < -0.3 is 19.8 Å². The number of anilines is 1. The normalized spacial score (nSPS) is 10.5. The molecule has 0 spiro atoms. The van der Waals surface area contributed by atoms with Gasteiger partial charge in [0.1, 0.15) is 40.8 Å². The van der Waals surface area contributed by atoms with E-state index in [1.54, 1.807) is 43.4 Å². The van der Waals surface area contributed by atoms with Crippen molar-refractivity contribution in [1.82, 2.24) is 9.97 Å². The molecular weight excluding hydrogens is 570 g/mol. The lowest BCUT2D eigenvalue weighted by atomic mass is 9.99. The summed E-state index contributed by atoms with van der Waals surface area (Å²) in [7, 11) is 1.54. The zero-order chi connectivity index (χ0) is 28.6. The average molecular weight is 592 g/mol. The number of aliphatic carboxylic acids is 1. The second-order valence-corrected chi connectivity index (χ2v) is 10.6. The third-order valence-electron chi connectivity index (χ3n) is 5.58. The lowest BCUT2D eigenvalue weighted by Gasteiger charge is -2.21. The van der Waals surface area contributed by atoms with Crippen LogP contribution in [-0.4, -0.2) is 53.0 Å². The minimum absolute atomic E-state index is 0.0763. The summed E-state index contributed by atoms with van der Waals surface area (Å²) >= 11 is 8.77. The zero-order valence-corrected chi connectivity index (χ0v) is 23.6. The van der Waals surface area contributed by atoms with Gasteiger partial charge in [0.05, 0.1) is 24.4 Å². The number of carbonyl (C=O) groups is 1. The molecule has 0 unspecified atom stereocenters. The van der Waals surface area contributed by atoms with Crippen LogP contribution in [-0.2, 0) is 10.5 Å². The van der Waals surface area contributed by atoms with Gasteiger partial charge >= 0.3 is 5.97 Å². The number of pyridine rings is 1. The number of halogens is 1. The molecule has 12 heteroatoms. The maximum Gasteiger partial charge on any atom is 0.323 e. The van der Waals surface area contributed by atoms with E-state index in [1.165, 1.54) is 28.0 Å². The van der Waals surface area contributed by atoms with Crippen molar-refractivity contribution >= 4 is 52.2 Å². The molecule has 40 heavy (non-hydrogen) atoms. The first kappa shape index (κ1) is 28.9. The van der Waals surface area contributed by atoms with Gasteiger partial charge in [0.15, 0.2) is 0 Å². The van der Waals surface area contributed by atoms with Crippen LogP contribution in [0.25, 0.3) is 26.5 Å². The van der Waals surface area contributed by atoms with Gasteiger partial charge in [-0.1, -0.05) is 47.6 Å². The molecule has 2 aromatic heterocycles. The van der Waals surface area contributed by atoms with Gasteiger partial charge in [-0.15, -0.1) is 11.3 Å². The summed E-state index contributed by atoms with van der Waals surface area (Å²) in [6, 6.07) is 16.4. The van der Waals surface area contributed by atoms with Crippen LogP contribution in [0.2, 0.25) is 5.02 Å². The van der Waals surface area contributed by atoms with Gasteiger partial charge in [-0.3, -0.25) is 4.79 Å². The van der Waals surface area contributed by atoms with Gasteiger partial charge in [-0.25, -0.2) is 14.8 Å². The molecule has 0 saturated heterocycles. The van der Waals surface area contributed by atoms with Crippen molar-refractivity contribution in [3.63, 3.8) is 0 Å². The van der Waals surface area contributed by atoms with Gasteiger partial charge in [0, 0.05) is 34.3 Å². The van der Waals surface area contributed by atoms with E-state index in [0.717, 1.165) is 16.3 Å². The van der Waals surface area contributed by atoms with Gasteiger partial charge in [-0.05, 0) is 29.8 Å². The summed E-state index contributed by atoms with van der Waals surface area (Å²) in [5.74, 6) is 0.00336. The Bertz CT molecular complexity index is 1600. The van der Waals surface area contributed by atoms with Crippen LogP contribution in [0, 0.1) is 17.9 Å². The molecule has 202 valence electrons. The number of aliphatic hydroxyl groups excluding tert-OH is 1. The van der Waals surface area contributed by atoms with Crippen molar-refractivity contribution in [2.75, 3.05) is 31.7 Å². The Morgan fingerprint density at radius 1 is 1.20 bits per heavy atom. The number of thiazole rings is 1. The first-order chi connectivity index (χ1) is 19.3. The number of carboxylic acids is 1. The monoisotopic (exact) mass is 591 g/mol. The molecule has 9 nitrogen and oxygen atoms in total. The number of thioether (sulfide) groups is 1. The fourth-order valence-electron chi connectivity index (χ4n) is 3.80. The first-order valence-corrected chi connectivity index (χ1v) is 14.0. The molecular formula is C28H22ClN5O4S2. The third kappa shape index (κ3) is 6.71. The molecule has 2 heterocycles. The summed E-state index contributed by atoms with van der Waals surface area (Å²) in [5.41, 5.74) is 2.94. The largest absolute Gasteiger partial charge is 0.491 e. The minimum atomic E-state index is -1.08. The number of carboxylic acid groups (broad SMARTS) is 1. The lowest BCUT2D eigenvalue weighted by Crippen LogP contribution is -2.26. The van der Waals surface area contributed by atoms with Gasteiger partial charge in [0.25, 0.3) is 0 Å². The number of ether oxygens (including phenoxy) is 1. The Balaban J connectivity index is 1.74. The molecule has 0 bridgehead atoms. The zero-order valence-electron chi connectivity index (χ0n) is 21.2. The van der Waals surface area contributed by atoms with Crippen molar-refractivity contribution in [3.05, 3.63) is 81.6 Å². The molecule has 4 rings (SSSR count). The number of aliphatic hydroxyl groups is 1. The topological polar surface area (TPSA) is 124 Å². The molecule has 0 amide bonds. The third-order valence-corrected chi connectivity index (χ3v) is 7.78. The van der Waals surface area contributed by atoms with Crippen molar-refractivity contribution in [2.24, 2.45) is 0 Å². The molecule has 0 aliphatic heterocycles. The summed E-state index contributed by atoms with van der Waals surface area (Å²) in [5, 5.41) is 32.4. The highest BCUT2D eigenvalue weighted by atomic mass is 35.5. The molecule has 0 radical (unpaired) electrons. The van der Waals surface area contributed by atoms with E-state index in [0.29, 0.717) is 32.7 Å². The Hall–Kier alpha value is -4.13. The van der Waals surface area contributed by atoms with Crippen LogP contribution >= 0.6 is 34.7 Å². The molecule has 0 aliphatic carbocycles. The average Bonchev–Trinajstić information content (AvgIpc) is 3.43. The van der Waals surface area contributed by atoms with Crippen LogP contribution in [0.4, 0.5) is 11.5 Å². The van der Waals surface area contributed by atoms with Crippen LogP contribution in [0.15, 0.2) is 58.9 Å². The number of benzene rings is 2. The van der Waals surface area contributed by atoms with Crippen molar-refractivity contribution in [2.45, 2.75) is 10.8 Å². The summed E-state index contributed by atoms with van der Waals surface area (Å²) in [6.45, 7) is 7.51. The number of nitriles is 1. The predicted molar refractivity (Wildman–Crippen MR) is 156 cm³/mol.